The summed E-state index contributed by atoms with van der Waals surface area (Å²) in [5, 5.41) is 5.30. The third-order valence-corrected chi connectivity index (χ3v) is 3.16. The molecule has 5 heteroatoms. The van der Waals surface area contributed by atoms with Crippen LogP contribution in [0.4, 0.5) is 4.39 Å². The van der Waals surface area contributed by atoms with Gasteiger partial charge in [-0.1, -0.05) is 0 Å². The molecule has 0 fully saturated rings. The summed E-state index contributed by atoms with van der Waals surface area (Å²) in [6, 6.07) is 7.75. The van der Waals surface area contributed by atoms with Gasteiger partial charge in [-0.25, -0.2) is 9.07 Å². The Morgan fingerprint density at radius 1 is 1.25 bits per heavy atom. The zero-order valence-corrected chi connectivity index (χ0v) is 10.9. The molecule has 0 amide bonds. The Morgan fingerprint density at radius 2 is 2.10 bits per heavy atom. The molecular formula is C15H12FN3O. The highest BCUT2D eigenvalue weighted by atomic mass is 19.1. The fourth-order valence-electron chi connectivity index (χ4n) is 2.19. The number of benzene rings is 1. The van der Waals surface area contributed by atoms with Gasteiger partial charge in [0.25, 0.3) is 5.56 Å². The average molecular weight is 269 g/mol. The van der Waals surface area contributed by atoms with Gasteiger partial charge in [0, 0.05) is 29.9 Å². The second-order valence-electron chi connectivity index (χ2n) is 4.40. The molecule has 3 rings (SSSR count). The van der Waals surface area contributed by atoms with Crippen LogP contribution in [0.2, 0.25) is 0 Å². The zero-order chi connectivity index (χ0) is 14.1. The molecule has 0 aliphatic carbocycles. The van der Waals surface area contributed by atoms with Crippen molar-refractivity contribution in [3.8, 4) is 11.3 Å². The highest BCUT2D eigenvalue weighted by Crippen LogP contribution is 2.24. The van der Waals surface area contributed by atoms with E-state index in [9.17, 15) is 9.18 Å². The maximum Gasteiger partial charge on any atom is 0.274 e. The van der Waals surface area contributed by atoms with Crippen LogP contribution >= 0.6 is 0 Å². The van der Waals surface area contributed by atoms with Crippen LogP contribution in [0, 0.1) is 5.82 Å². The Bertz CT molecular complexity index is 828. The predicted molar refractivity (Wildman–Crippen MR) is 74.9 cm³/mol. The molecule has 2 heterocycles. The first-order valence-corrected chi connectivity index (χ1v) is 6.31. The monoisotopic (exact) mass is 269 g/mol. The molecule has 0 unspecified atom stereocenters. The van der Waals surface area contributed by atoms with Gasteiger partial charge in [0.2, 0.25) is 0 Å². The summed E-state index contributed by atoms with van der Waals surface area (Å²) >= 11 is 0. The van der Waals surface area contributed by atoms with Crippen molar-refractivity contribution in [1.82, 2.24) is 14.8 Å². The van der Waals surface area contributed by atoms with Crippen LogP contribution in [0.1, 0.15) is 6.92 Å². The molecule has 2 aromatic heterocycles. The van der Waals surface area contributed by atoms with Crippen molar-refractivity contribution >= 4 is 10.8 Å². The number of hydrogen-bond acceptors (Lipinski definition) is 3. The molecule has 0 bridgehead atoms. The van der Waals surface area contributed by atoms with E-state index in [1.54, 1.807) is 18.5 Å². The van der Waals surface area contributed by atoms with Crippen molar-refractivity contribution in [3.63, 3.8) is 0 Å². The zero-order valence-electron chi connectivity index (χ0n) is 10.9. The summed E-state index contributed by atoms with van der Waals surface area (Å²) in [5.74, 6) is -0.391. The predicted octanol–water partition coefficient (Wildman–Crippen LogP) is 2.62. The van der Waals surface area contributed by atoms with Crippen LogP contribution in [-0.4, -0.2) is 14.8 Å². The standard InChI is InChI=1S/C15H12FN3O/c1-2-19-15(20)12-6-5-11(16)8-13(12)14(18-19)10-4-3-7-17-9-10/h3-9H,2H2,1H3. The van der Waals surface area contributed by atoms with E-state index in [1.807, 2.05) is 13.0 Å². The second kappa shape index (κ2) is 4.85. The number of rotatable bonds is 2. The van der Waals surface area contributed by atoms with Crippen LogP contribution in [0.25, 0.3) is 22.0 Å². The van der Waals surface area contributed by atoms with Crippen LogP contribution in [-0.2, 0) is 6.54 Å². The summed E-state index contributed by atoms with van der Waals surface area (Å²) in [4.78, 5) is 16.3. The van der Waals surface area contributed by atoms with Gasteiger partial charge < -0.3 is 0 Å². The van der Waals surface area contributed by atoms with Gasteiger partial charge >= 0.3 is 0 Å². The first-order chi connectivity index (χ1) is 9.70. The highest BCUT2D eigenvalue weighted by Gasteiger charge is 2.12. The fraction of sp³-hybridized carbons (Fsp3) is 0.133. The van der Waals surface area contributed by atoms with Gasteiger partial charge in [0.15, 0.2) is 0 Å². The number of aryl methyl sites for hydroxylation is 1. The topological polar surface area (TPSA) is 47.8 Å². The molecule has 0 radical (unpaired) electrons. The van der Waals surface area contributed by atoms with Crippen LogP contribution in [0.15, 0.2) is 47.5 Å². The first-order valence-electron chi connectivity index (χ1n) is 6.31. The van der Waals surface area contributed by atoms with Crippen LogP contribution in [0.3, 0.4) is 0 Å². The van der Waals surface area contributed by atoms with E-state index in [-0.39, 0.29) is 5.56 Å². The number of aromatic nitrogens is 3. The van der Waals surface area contributed by atoms with E-state index in [0.29, 0.717) is 23.0 Å². The molecule has 0 aliphatic heterocycles. The minimum atomic E-state index is -0.391. The lowest BCUT2D eigenvalue weighted by Gasteiger charge is -2.09. The SMILES string of the molecule is CCn1nc(-c2cccnc2)c2cc(F)ccc2c1=O. The molecule has 1 aromatic carbocycles. The lowest BCUT2D eigenvalue weighted by atomic mass is 10.1. The molecule has 0 spiro atoms. The smallest absolute Gasteiger partial charge is 0.267 e. The van der Waals surface area contributed by atoms with Crippen molar-refractivity contribution in [2.45, 2.75) is 13.5 Å². The Labute approximate surface area is 114 Å². The summed E-state index contributed by atoms with van der Waals surface area (Å²) in [5.41, 5.74) is 1.11. The van der Waals surface area contributed by atoms with Gasteiger partial charge in [-0.2, -0.15) is 5.10 Å². The number of halogens is 1. The molecule has 3 aromatic rings. The number of nitrogens with zero attached hydrogens (tertiary/aromatic N) is 3. The Hall–Kier alpha value is -2.56. The molecular weight excluding hydrogens is 257 g/mol. The minimum absolute atomic E-state index is 0.213. The third-order valence-electron chi connectivity index (χ3n) is 3.16. The van der Waals surface area contributed by atoms with Crippen molar-refractivity contribution in [2.24, 2.45) is 0 Å². The normalized spacial score (nSPS) is 10.9. The Morgan fingerprint density at radius 3 is 2.80 bits per heavy atom. The summed E-state index contributed by atoms with van der Waals surface area (Å²) in [6.45, 7) is 2.30. The Kier molecular flexibility index (Phi) is 3.02. The van der Waals surface area contributed by atoms with E-state index in [1.165, 1.54) is 22.9 Å². The van der Waals surface area contributed by atoms with Crippen molar-refractivity contribution in [2.75, 3.05) is 0 Å². The first kappa shape index (κ1) is 12.5. The highest BCUT2D eigenvalue weighted by molar-refractivity contribution is 5.93. The molecule has 100 valence electrons. The molecule has 0 saturated heterocycles. The van der Waals surface area contributed by atoms with E-state index < -0.39 is 5.82 Å². The van der Waals surface area contributed by atoms with Crippen molar-refractivity contribution in [3.05, 3.63) is 58.9 Å². The molecule has 0 atom stereocenters. The minimum Gasteiger partial charge on any atom is -0.267 e. The maximum atomic E-state index is 13.5. The lowest BCUT2D eigenvalue weighted by Crippen LogP contribution is -2.23. The van der Waals surface area contributed by atoms with Crippen molar-refractivity contribution in [1.29, 1.82) is 0 Å². The quantitative estimate of drug-likeness (QED) is 0.718. The summed E-state index contributed by atoms with van der Waals surface area (Å²) in [6.07, 6.45) is 3.30. The van der Waals surface area contributed by atoms with E-state index in [2.05, 4.69) is 10.1 Å². The van der Waals surface area contributed by atoms with Crippen LogP contribution < -0.4 is 5.56 Å². The average Bonchev–Trinajstić information content (AvgIpc) is 2.48. The van der Waals surface area contributed by atoms with Gasteiger partial charge in [0.1, 0.15) is 11.5 Å². The van der Waals surface area contributed by atoms with Crippen LogP contribution in [0.5, 0.6) is 0 Å². The lowest BCUT2D eigenvalue weighted by molar-refractivity contribution is 0.621. The van der Waals surface area contributed by atoms with Gasteiger partial charge in [-0.05, 0) is 37.3 Å². The van der Waals surface area contributed by atoms with Gasteiger partial charge in [-0.3, -0.25) is 9.78 Å². The molecule has 20 heavy (non-hydrogen) atoms. The second-order valence-corrected chi connectivity index (χ2v) is 4.40. The third kappa shape index (κ3) is 1.97. The van der Waals surface area contributed by atoms with Gasteiger partial charge in [-0.15, -0.1) is 0 Å². The van der Waals surface area contributed by atoms with E-state index >= 15 is 0 Å². The summed E-state index contributed by atoms with van der Waals surface area (Å²) < 4.78 is 14.9. The molecule has 0 N–H and O–H groups in total. The van der Waals surface area contributed by atoms with E-state index in [4.69, 9.17) is 0 Å². The number of hydrogen-bond donors (Lipinski definition) is 0. The largest absolute Gasteiger partial charge is 0.274 e. The van der Waals surface area contributed by atoms with E-state index in [0.717, 1.165) is 5.56 Å². The molecule has 4 nitrogen and oxygen atoms in total. The Balaban J connectivity index is 2.44. The maximum absolute atomic E-state index is 13.5. The number of fused-ring (bicyclic) bond motifs is 1. The summed E-state index contributed by atoms with van der Waals surface area (Å²) in [7, 11) is 0. The van der Waals surface area contributed by atoms with Crippen molar-refractivity contribution < 1.29 is 4.39 Å². The molecule has 0 saturated carbocycles. The number of pyridine rings is 1. The van der Waals surface area contributed by atoms with Gasteiger partial charge in [0.05, 0.1) is 5.39 Å². The fourth-order valence-corrected chi connectivity index (χ4v) is 2.19. The molecule has 0 aliphatic rings.